The van der Waals surface area contributed by atoms with Crippen LogP contribution in [0.5, 0.6) is 0 Å². The molecule has 21 heavy (non-hydrogen) atoms. The summed E-state index contributed by atoms with van der Waals surface area (Å²) in [5.41, 5.74) is 5.60. The largest absolute Gasteiger partial charge is 0.453 e. The third-order valence-corrected chi connectivity index (χ3v) is 4.89. The van der Waals surface area contributed by atoms with Crippen molar-refractivity contribution in [1.82, 2.24) is 10.2 Å². The molecule has 3 N–H and O–H groups in total. The van der Waals surface area contributed by atoms with Crippen LogP contribution in [-0.2, 0) is 9.53 Å². The van der Waals surface area contributed by atoms with Crippen molar-refractivity contribution in [1.29, 1.82) is 0 Å². The summed E-state index contributed by atoms with van der Waals surface area (Å²) < 4.78 is 4.61. The van der Waals surface area contributed by atoms with Crippen molar-refractivity contribution in [2.75, 3.05) is 26.7 Å². The van der Waals surface area contributed by atoms with E-state index in [1.54, 1.807) is 0 Å². The highest BCUT2D eigenvalue weighted by Crippen LogP contribution is 2.36. The number of hydrogen-bond donors (Lipinski definition) is 2. The highest BCUT2D eigenvalue weighted by molar-refractivity contribution is 5.83. The zero-order valence-corrected chi connectivity index (χ0v) is 12.9. The fourth-order valence-electron chi connectivity index (χ4n) is 3.53. The summed E-state index contributed by atoms with van der Waals surface area (Å²) in [6, 6.07) is -0.0120. The number of amides is 2. The van der Waals surface area contributed by atoms with E-state index in [2.05, 4.69) is 10.1 Å². The summed E-state index contributed by atoms with van der Waals surface area (Å²) >= 11 is 0. The lowest BCUT2D eigenvalue weighted by molar-refractivity contribution is -0.141. The Balaban J connectivity index is 1.97. The minimum atomic E-state index is -0.433. The van der Waals surface area contributed by atoms with E-state index in [0.29, 0.717) is 19.6 Å². The molecule has 2 fully saturated rings. The zero-order chi connectivity index (χ0) is 15.3. The molecule has 1 aliphatic carbocycles. The molecule has 2 rings (SSSR count). The number of methoxy groups -OCH3 is 1. The van der Waals surface area contributed by atoms with Crippen molar-refractivity contribution in [3.8, 4) is 0 Å². The lowest BCUT2D eigenvalue weighted by Crippen LogP contribution is -2.48. The number of nitrogens with zero attached hydrogens (tertiary/aromatic N) is 1. The minimum Gasteiger partial charge on any atom is -0.453 e. The van der Waals surface area contributed by atoms with Gasteiger partial charge in [-0.1, -0.05) is 25.7 Å². The Labute approximate surface area is 126 Å². The second-order valence-corrected chi connectivity index (χ2v) is 6.27. The average molecular weight is 297 g/mol. The van der Waals surface area contributed by atoms with E-state index in [1.807, 2.05) is 4.90 Å². The van der Waals surface area contributed by atoms with E-state index in [9.17, 15) is 9.59 Å². The standard InChI is InChI=1S/C15H27N3O3/c1-21-14(20)17-12-6-9-18(10-12)13(19)15(11-16)7-4-2-3-5-8-15/h12H,2-11,16H2,1H3,(H,17,20). The first-order valence-corrected chi connectivity index (χ1v) is 7.95. The predicted octanol–water partition coefficient (Wildman–Crippen LogP) is 1.24. The van der Waals surface area contributed by atoms with Gasteiger partial charge in [0.1, 0.15) is 0 Å². The van der Waals surface area contributed by atoms with Gasteiger partial charge >= 0.3 is 6.09 Å². The van der Waals surface area contributed by atoms with Crippen LogP contribution in [0.4, 0.5) is 4.79 Å². The molecule has 1 saturated heterocycles. The van der Waals surface area contributed by atoms with E-state index >= 15 is 0 Å². The molecule has 1 heterocycles. The highest BCUT2D eigenvalue weighted by atomic mass is 16.5. The van der Waals surface area contributed by atoms with Crippen LogP contribution >= 0.6 is 0 Å². The van der Waals surface area contributed by atoms with Crippen LogP contribution in [0.2, 0.25) is 0 Å². The number of carbonyl (C=O) groups is 2. The van der Waals surface area contributed by atoms with Crippen molar-refractivity contribution in [3.63, 3.8) is 0 Å². The molecular weight excluding hydrogens is 270 g/mol. The Bertz CT molecular complexity index is 378. The Kier molecular flexibility index (Phi) is 5.45. The van der Waals surface area contributed by atoms with Crippen LogP contribution in [-0.4, -0.2) is 49.7 Å². The Morgan fingerprint density at radius 1 is 1.29 bits per heavy atom. The number of rotatable bonds is 3. The molecule has 2 amide bonds. The maximum absolute atomic E-state index is 12.9. The van der Waals surface area contributed by atoms with Gasteiger partial charge in [-0.15, -0.1) is 0 Å². The van der Waals surface area contributed by atoms with Crippen LogP contribution in [0.15, 0.2) is 0 Å². The second-order valence-electron chi connectivity index (χ2n) is 6.27. The fraction of sp³-hybridized carbons (Fsp3) is 0.867. The normalized spacial score (nSPS) is 25.2. The van der Waals surface area contributed by atoms with Crippen molar-refractivity contribution in [3.05, 3.63) is 0 Å². The van der Waals surface area contributed by atoms with Gasteiger partial charge in [0.15, 0.2) is 0 Å². The van der Waals surface area contributed by atoms with Crippen molar-refractivity contribution in [2.45, 2.75) is 51.0 Å². The minimum absolute atomic E-state index is 0.0120. The molecule has 0 aromatic rings. The lowest BCUT2D eigenvalue weighted by atomic mass is 9.79. The van der Waals surface area contributed by atoms with E-state index in [0.717, 1.165) is 32.1 Å². The summed E-state index contributed by atoms with van der Waals surface area (Å²) in [6.45, 7) is 1.68. The van der Waals surface area contributed by atoms with Gasteiger partial charge in [0.25, 0.3) is 0 Å². The molecule has 0 bridgehead atoms. The molecule has 6 heteroatoms. The van der Waals surface area contributed by atoms with Crippen molar-refractivity contribution >= 4 is 12.0 Å². The lowest BCUT2D eigenvalue weighted by Gasteiger charge is -2.34. The molecule has 0 spiro atoms. The zero-order valence-electron chi connectivity index (χ0n) is 12.9. The molecule has 0 aromatic carbocycles. The van der Waals surface area contributed by atoms with Crippen molar-refractivity contribution < 1.29 is 14.3 Å². The monoisotopic (exact) mass is 297 g/mol. The average Bonchev–Trinajstić information content (AvgIpc) is 2.82. The third kappa shape index (κ3) is 3.67. The van der Waals surface area contributed by atoms with E-state index in [1.165, 1.54) is 20.0 Å². The molecule has 1 unspecified atom stereocenters. The number of nitrogens with one attached hydrogen (secondary N) is 1. The Morgan fingerprint density at radius 2 is 1.95 bits per heavy atom. The highest BCUT2D eigenvalue weighted by Gasteiger charge is 2.42. The Hall–Kier alpha value is -1.30. The van der Waals surface area contributed by atoms with Crippen LogP contribution in [0.25, 0.3) is 0 Å². The smallest absolute Gasteiger partial charge is 0.407 e. The topological polar surface area (TPSA) is 84.7 Å². The van der Waals surface area contributed by atoms with Gasteiger partial charge in [-0.25, -0.2) is 4.79 Å². The summed E-state index contributed by atoms with van der Waals surface area (Å²) in [4.78, 5) is 26.0. The molecule has 1 saturated carbocycles. The molecule has 120 valence electrons. The molecule has 0 radical (unpaired) electrons. The van der Waals surface area contributed by atoms with Crippen LogP contribution < -0.4 is 11.1 Å². The van der Waals surface area contributed by atoms with E-state index in [4.69, 9.17) is 5.73 Å². The molecule has 2 aliphatic rings. The number of hydrogen-bond acceptors (Lipinski definition) is 4. The van der Waals surface area contributed by atoms with Crippen LogP contribution in [0, 0.1) is 5.41 Å². The van der Waals surface area contributed by atoms with E-state index in [-0.39, 0.29) is 17.4 Å². The summed E-state index contributed by atoms with van der Waals surface area (Å²) in [5.74, 6) is 0.182. The summed E-state index contributed by atoms with van der Waals surface area (Å²) in [5, 5.41) is 2.77. The van der Waals surface area contributed by atoms with Gasteiger partial charge in [-0.05, 0) is 19.3 Å². The van der Waals surface area contributed by atoms with Gasteiger partial charge in [-0.2, -0.15) is 0 Å². The molecule has 1 aliphatic heterocycles. The maximum Gasteiger partial charge on any atom is 0.407 e. The van der Waals surface area contributed by atoms with Gasteiger partial charge < -0.3 is 20.7 Å². The molecule has 0 aromatic heterocycles. The van der Waals surface area contributed by atoms with Crippen LogP contribution in [0.3, 0.4) is 0 Å². The van der Waals surface area contributed by atoms with Gasteiger partial charge in [0, 0.05) is 19.6 Å². The summed E-state index contributed by atoms with van der Waals surface area (Å²) in [7, 11) is 1.35. The Morgan fingerprint density at radius 3 is 2.52 bits per heavy atom. The van der Waals surface area contributed by atoms with Crippen LogP contribution in [0.1, 0.15) is 44.9 Å². The SMILES string of the molecule is COC(=O)NC1CCN(C(=O)C2(CN)CCCCCC2)C1. The number of alkyl carbamates (subject to hydrolysis) is 1. The molecule has 6 nitrogen and oxygen atoms in total. The number of nitrogens with two attached hydrogens (primary N) is 1. The first-order valence-electron chi connectivity index (χ1n) is 7.95. The predicted molar refractivity (Wildman–Crippen MR) is 79.7 cm³/mol. The number of ether oxygens (including phenoxy) is 1. The quantitative estimate of drug-likeness (QED) is 0.768. The second kappa shape index (κ2) is 7.11. The van der Waals surface area contributed by atoms with Crippen molar-refractivity contribution in [2.24, 2.45) is 11.1 Å². The molecule has 1 atom stereocenters. The molecular formula is C15H27N3O3. The fourth-order valence-corrected chi connectivity index (χ4v) is 3.53. The summed E-state index contributed by atoms with van der Waals surface area (Å²) in [6.07, 6.45) is 6.70. The first-order chi connectivity index (χ1) is 10.1. The number of carbonyl (C=O) groups excluding carboxylic acids is 2. The third-order valence-electron chi connectivity index (χ3n) is 4.89. The van der Waals surface area contributed by atoms with Gasteiger partial charge in [-0.3, -0.25) is 4.79 Å². The maximum atomic E-state index is 12.9. The van der Waals surface area contributed by atoms with E-state index < -0.39 is 6.09 Å². The first kappa shape index (κ1) is 16.1. The van der Waals surface area contributed by atoms with Gasteiger partial charge in [0.05, 0.1) is 18.6 Å². The van der Waals surface area contributed by atoms with Gasteiger partial charge in [0.2, 0.25) is 5.91 Å². The number of likely N-dealkylation sites (tertiary alicyclic amines) is 1.